The summed E-state index contributed by atoms with van der Waals surface area (Å²) in [5, 5.41) is 8.16. The number of hydrogen-bond donors (Lipinski definition) is 0. The Morgan fingerprint density at radius 1 is 1.20 bits per heavy atom. The van der Waals surface area contributed by atoms with Crippen molar-refractivity contribution in [3.63, 3.8) is 0 Å². The van der Waals surface area contributed by atoms with Crippen LogP contribution in [0.15, 0.2) is 73.2 Å². The van der Waals surface area contributed by atoms with E-state index < -0.39 is 30.5 Å². The molecule has 1 unspecified atom stereocenters. The maximum atomic E-state index is 14.5. The van der Waals surface area contributed by atoms with E-state index in [0.29, 0.717) is 21.9 Å². The zero-order chi connectivity index (χ0) is 29.0. The summed E-state index contributed by atoms with van der Waals surface area (Å²) in [7, 11) is 1.54. The van der Waals surface area contributed by atoms with Gasteiger partial charge in [-0.1, -0.05) is 55.1 Å². The Labute approximate surface area is 230 Å². The van der Waals surface area contributed by atoms with Gasteiger partial charge in [-0.05, 0) is 55.5 Å². The van der Waals surface area contributed by atoms with E-state index in [1.54, 1.807) is 6.08 Å². The van der Waals surface area contributed by atoms with Gasteiger partial charge < -0.3 is 9.64 Å². The second kappa shape index (κ2) is 11.9. The Morgan fingerprint density at radius 3 is 2.55 bits per heavy atom. The number of aryl methyl sites for hydroxylation is 1. The topological polar surface area (TPSA) is 60.2 Å². The molecule has 0 fully saturated rings. The van der Waals surface area contributed by atoms with Crippen LogP contribution in [0.3, 0.4) is 0 Å². The van der Waals surface area contributed by atoms with Gasteiger partial charge in [-0.3, -0.25) is 4.79 Å². The average Bonchev–Trinajstić information content (AvgIpc) is 3.37. The molecule has 0 bridgehead atoms. The molecular weight excluding hydrogens is 524 g/mol. The van der Waals surface area contributed by atoms with Crippen LogP contribution in [0, 0.1) is 5.82 Å². The van der Waals surface area contributed by atoms with Crippen molar-refractivity contribution in [1.82, 2.24) is 15.0 Å². The van der Waals surface area contributed by atoms with Gasteiger partial charge in [-0.2, -0.15) is 13.2 Å². The number of methoxy groups -OCH3 is 1. The van der Waals surface area contributed by atoms with Crippen molar-refractivity contribution in [1.29, 1.82) is 0 Å². The van der Waals surface area contributed by atoms with E-state index in [-0.39, 0.29) is 24.1 Å². The van der Waals surface area contributed by atoms with Crippen LogP contribution in [-0.4, -0.2) is 40.7 Å². The summed E-state index contributed by atoms with van der Waals surface area (Å²) in [6.07, 6.45) is 1.40. The average molecular weight is 555 g/mol. The van der Waals surface area contributed by atoms with E-state index >= 15 is 0 Å². The highest BCUT2D eigenvalue weighted by molar-refractivity contribution is 5.97. The molecule has 1 aliphatic heterocycles. The first-order chi connectivity index (χ1) is 19.1. The molecule has 1 aromatic heterocycles. The lowest BCUT2D eigenvalue weighted by Gasteiger charge is -2.26. The van der Waals surface area contributed by atoms with E-state index in [0.717, 1.165) is 17.6 Å². The highest BCUT2D eigenvalue weighted by Crippen LogP contribution is 2.35. The minimum atomic E-state index is -4.68. The fourth-order valence-electron chi connectivity index (χ4n) is 4.76. The number of anilines is 1. The number of benzene rings is 2. The monoisotopic (exact) mass is 554 g/mol. The molecule has 4 rings (SSSR count). The summed E-state index contributed by atoms with van der Waals surface area (Å²) in [4.78, 5) is 14.0. The van der Waals surface area contributed by atoms with Gasteiger partial charge in [0.15, 0.2) is 0 Å². The van der Waals surface area contributed by atoms with E-state index in [1.165, 1.54) is 41.8 Å². The number of fused-ring (bicyclic) bond motifs is 1. The molecule has 2 heterocycles. The van der Waals surface area contributed by atoms with Crippen molar-refractivity contribution in [2.45, 2.75) is 45.3 Å². The SMILES string of the molecule is C=C(C=C(OC)C(=CC)c1ccc(CC)cc1)c1cn(C2CCc3c(F)cccc3N(CC(F)(F)F)C2=O)nn1. The molecule has 1 amide bonds. The minimum absolute atomic E-state index is 0.0477. The van der Waals surface area contributed by atoms with Crippen molar-refractivity contribution in [2.75, 3.05) is 18.6 Å². The molecule has 10 heteroatoms. The summed E-state index contributed by atoms with van der Waals surface area (Å²) in [5.41, 5.74) is 3.70. The quantitative estimate of drug-likeness (QED) is 0.176. The van der Waals surface area contributed by atoms with Gasteiger partial charge in [0.05, 0.1) is 19.0 Å². The summed E-state index contributed by atoms with van der Waals surface area (Å²) in [5.74, 6) is -0.977. The number of carbonyl (C=O) groups excluding carboxylic acids is 1. The zero-order valence-electron chi connectivity index (χ0n) is 22.5. The van der Waals surface area contributed by atoms with Gasteiger partial charge in [-0.25, -0.2) is 9.07 Å². The highest BCUT2D eigenvalue weighted by Gasteiger charge is 2.40. The van der Waals surface area contributed by atoms with Gasteiger partial charge in [-0.15, -0.1) is 5.10 Å². The molecule has 1 aliphatic rings. The maximum absolute atomic E-state index is 14.5. The van der Waals surface area contributed by atoms with E-state index in [1.807, 2.05) is 37.3 Å². The van der Waals surface area contributed by atoms with Crippen molar-refractivity contribution < 1.29 is 27.1 Å². The number of hydrogen-bond acceptors (Lipinski definition) is 4. The Kier molecular flexibility index (Phi) is 8.56. The maximum Gasteiger partial charge on any atom is 0.406 e. The molecule has 40 heavy (non-hydrogen) atoms. The number of aromatic nitrogens is 3. The third kappa shape index (κ3) is 6.16. The first-order valence-electron chi connectivity index (χ1n) is 12.8. The van der Waals surface area contributed by atoms with Gasteiger partial charge in [0, 0.05) is 16.7 Å². The van der Waals surface area contributed by atoms with Gasteiger partial charge in [0.1, 0.15) is 29.9 Å². The molecule has 3 aromatic rings. The molecule has 0 saturated heterocycles. The highest BCUT2D eigenvalue weighted by atomic mass is 19.4. The second-order valence-electron chi connectivity index (χ2n) is 9.41. The molecule has 0 radical (unpaired) electrons. The van der Waals surface area contributed by atoms with Gasteiger partial charge in [0.25, 0.3) is 5.91 Å². The standard InChI is InChI=1S/C30H30F4N4O2/c1-5-20-10-12-21(13-11-20)22(6-2)28(40-4)16-19(3)25-17-38(36-35-25)27-15-14-23-24(31)8-7-9-26(23)37(29(27)39)18-30(32,33)34/h6-13,16-17,27H,3,5,14-15,18H2,1-2,4H3. The lowest BCUT2D eigenvalue weighted by Crippen LogP contribution is -2.42. The number of amides is 1. The fourth-order valence-corrected chi connectivity index (χ4v) is 4.76. The third-order valence-corrected chi connectivity index (χ3v) is 6.85. The molecule has 0 spiro atoms. The Hall–Kier alpha value is -4.21. The number of nitrogens with zero attached hydrogens (tertiary/aromatic N) is 4. The number of halogens is 4. The summed E-state index contributed by atoms with van der Waals surface area (Å²) < 4.78 is 61.7. The molecule has 0 N–H and O–H groups in total. The lowest BCUT2D eigenvalue weighted by atomic mass is 10.00. The number of alkyl halides is 3. The van der Waals surface area contributed by atoms with Crippen LogP contribution in [-0.2, 0) is 22.4 Å². The Balaban J connectivity index is 1.62. The van der Waals surface area contributed by atoms with Crippen LogP contribution in [0.4, 0.5) is 23.2 Å². The molecule has 6 nitrogen and oxygen atoms in total. The van der Waals surface area contributed by atoms with Crippen molar-refractivity contribution in [2.24, 2.45) is 0 Å². The molecule has 0 saturated carbocycles. The van der Waals surface area contributed by atoms with Crippen LogP contribution in [0.5, 0.6) is 0 Å². The molecule has 210 valence electrons. The summed E-state index contributed by atoms with van der Waals surface area (Å²) in [6.45, 7) is 6.49. The zero-order valence-corrected chi connectivity index (χ0v) is 22.5. The predicted octanol–water partition coefficient (Wildman–Crippen LogP) is 6.71. The normalized spacial score (nSPS) is 16.5. The second-order valence-corrected chi connectivity index (χ2v) is 9.41. The first kappa shape index (κ1) is 28.8. The van der Waals surface area contributed by atoms with Crippen LogP contribution < -0.4 is 4.90 Å². The predicted molar refractivity (Wildman–Crippen MR) is 146 cm³/mol. The molecule has 1 atom stereocenters. The smallest absolute Gasteiger partial charge is 0.406 e. The Bertz CT molecular complexity index is 1460. The molecule has 0 aliphatic carbocycles. The third-order valence-electron chi connectivity index (χ3n) is 6.85. The van der Waals surface area contributed by atoms with Crippen LogP contribution in [0.2, 0.25) is 0 Å². The first-order valence-corrected chi connectivity index (χ1v) is 12.8. The number of rotatable bonds is 8. The van der Waals surface area contributed by atoms with Crippen molar-refractivity contribution >= 4 is 22.7 Å². The summed E-state index contributed by atoms with van der Waals surface area (Å²) >= 11 is 0. The molecule has 2 aromatic carbocycles. The summed E-state index contributed by atoms with van der Waals surface area (Å²) in [6, 6.07) is 10.8. The largest absolute Gasteiger partial charge is 0.496 e. The number of carbonyl (C=O) groups is 1. The molecular formula is C30H30F4N4O2. The van der Waals surface area contributed by atoms with E-state index in [2.05, 4.69) is 23.8 Å². The van der Waals surface area contributed by atoms with E-state index in [9.17, 15) is 22.4 Å². The van der Waals surface area contributed by atoms with Crippen LogP contribution >= 0.6 is 0 Å². The lowest BCUT2D eigenvalue weighted by molar-refractivity contribution is -0.134. The van der Waals surface area contributed by atoms with Crippen LogP contribution in [0.1, 0.15) is 48.7 Å². The number of allylic oxidation sites excluding steroid dienone is 4. The van der Waals surface area contributed by atoms with Crippen molar-refractivity contribution in [3.05, 3.63) is 101 Å². The van der Waals surface area contributed by atoms with Gasteiger partial charge in [0.2, 0.25) is 0 Å². The van der Waals surface area contributed by atoms with Gasteiger partial charge >= 0.3 is 6.18 Å². The minimum Gasteiger partial charge on any atom is -0.496 e. The fraction of sp³-hybridized carbons (Fsp3) is 0.300. The van der Waals surface area contributed by atoms with E-state index in [4.69, 9.17) is 4.74 Å². The Morgan fingerprint density at radius 2 is 1.93 bits per heavy atom. The van der Waals surface area contributed by atoms with Crippen LogP contribution in [0.25, 0.3) is 11.1 Å². The number of ether oxygens (including phenoxy) is 1. The van der Waals surface area contributed by atoms with Crippen molar-refractivity contribution in [3.8, 4) is 0 Å².